The van der Waals surface area contributed by atoms with Gasteiger partial charge >= 0.3 is 12.3 Å². The van der Waals surface area contributed by atoms with Crippen molar-refractivity contribution >= 4 is 12.3 Å². The first-order chi connectivity index (χ1) is 6.81. The lowest BCUT2D eigenvalue weighted by Gasteiger charge is -2.10. The van der Waals surface area contributed by atoms with Gasteiger partial charge in [0.15, 0.2) is 0 Å². The molecule has 0 aliphatic heterocycles. The van der Waals surface area contributed by atoms with Crippen LogP contribution in [0.25, 0.3) is 0 Å². The van der Waals surface area contributed by atoms with Crippen molar-refractivity contribution in [2.75, 3.05) is 6.61 Å². The highest BCUT2D eigenvalue weighted by Gasteiger charge is 2.08. The average Bonchev–Trinajstić information content (AvgIpc) is 2.07. The van der Waals surface area contributed by atoms with Crippen LogP contribution in [0.2, 0.25) is 0 Å². The fourth-order valence-corrected chi connectivity index (χ4v) is 0.612. The number of carboxylic acid groups (broad SMARTS) is 1. The van der Waals surface area contributed by atoms with Crippen LogP contribution in [0.5, 0.6) is 0 Å². The molecule has 15 heavy (non-hydrogen) atoms. The average molecular weight is 218 g/mol. The SMILES string of the molecule is CC(C)(C)C=CCOC(=O)OOC(=O)O. The van der Waals surface area contributed by atoms with E-state index in [1.54, 1.807) is 6.08 Å². The molecular weight excluding hydrogens is 204 g/mol. The Morgan fingerprint density at radius 2 is 1.87 bits per heavy atom. The van der Waals surface area contributed by atoms with Crippen LogP contribution in [0, 0.1) is 5.41 Å². The third kappa shape index (κ3) is 10.2. The number of ether oxygens (including phenoxy) is 1. The number of carbonyl (C=O) groups is 2. The van der Waals surface area contributed by atoms with Crippen molar-refractivity contribution < 1.29 is 29.2 Å². The van der Waals surface area contributed by atoms with Crippen molar-refractivity contribution in [2.24, 2.45) is 5.41 Å². The largest absolute Gasteiger partial charge is 0.550 e. The first kappa shape index (κ1) is 13.3. The second kappa shape index (κ2) is 5.90. The number of allylic oxidation sites excluding steroid dienone is 1. The second-order valence-electron chi connectivity index (χ2n) is 3.76. The zero-order valence-corrected chi connectivity index (χ0v) is 8.85. The molecule has 6 heteroatoms. The molecule has 0 saturated heterocycles. The minimum atomic E-state index is -1.71. The predicted octanol–water partition coefficient (Wildman–Crippen LogP) is 2.35. The summed E-state index contributed by atoms with van der Waals surface area (Å²) in [4.78, 5) is 27.7. The lowest BCUT2D eigenvalue weighted by Crippen LogP contribution is -2.11. The molecule has 0 rings (SSSR count). The van der Waals surface area contributed by atoms with E-state index < -0.39 is 12.3 Å². The molecule has 0 aromatic heterocycles. The van der Waals surface area contributed by atoms with E-state index in [4.69, 9.17) is 5.11 Å². The lowest BCUT2D eigenvalue weighted by molar-refractivity contribution is -0.212. The van der Waals surface area contributed by atoms with Gasteiger partial charge in [0.1, 0.15) is 6.61 Å². The smallest absolute Gasteiger partial charge is 0.447 e. The molecule has 0 aliphatic carbocycles. The van der Waals surface area contributed by atoms with E-state index in [0.29, 0.717) is 0 Å². The molecule has 0 aromatic rings. The van der Waals surface area contributed by atoms with Crippen LogP contribution >= 0.6 is 0 Å². The molecule has 0 aliphatic rings. The Balaban J connectivity index is 3.64. The van der Waals surface area contributed by atoms with Gasteiger partial charge in [0.25, 0.3) is 0 Å². The Bertz CT molecular complexity index is 250. The molecule has 0 spiro atoms. The number of hydrogen-bond donors (Lipinski definition) is 1. The minimum absolute atomic E-state index is 0.000910. The van der Waals surface area contributed by atoms with E-state index >= 15 is 0 Å². The zero-order chi connectivity index (χ0) is 11.9. The van der Waals surface area contributed by atoms with Crippen LogP contribution < -0.4 is 0 Å². The topological polar surface area (TPSA) is 82.1 Å². The van der Waals surface area contributed by atoms with Crippen LogP contribution in [-0.2, 0) is 14.5 Å². The van der Waals surface area contributed by atoms with Crippen LogP contribution in [0.4, 0.5) is 9.59 Å². The highest BCUT2D eigenvalue weighted by Crippen LogP contribution is 2.13. The van der Waals surface area contributed by atoms with E-state index in [1.165, 1.54) is 0 Å². The maximum Gasteiger partial charge on any atom is 0.550 e. The summed E-state index contributed by atoms with van der Waals surface area (Å²) in [5, 5.41) is 7.97. The van der Waals surface area contributed by atoms with Gasteiger partial charge in [-0.05, 0) is 5.41 Å². The Kier molecular flexibility index (Phi) is 5.22. The first-order valence-corrected chi connectivity index (χ1v) is 4.23. The van der Waals surface area contributed by atoms with E-state index in [-0.39, 0.29) is 12.0 Å². The van der Waals surface area contributed by atoms with Crippen molar-refractivity contribution in [3.63, 3.8) is 0 Å². The quantitative estimate of drug-likeness (QED) is 0.331. The molecule has 86 valence electrons. The maximum atomic E-state index is 10.6. The summed E-state index contributed by atoms with van der Waals surface area (Å²) < 4.78 is 4.45. The van der Waals surface area contributed by atoms with E-state index in [0.717, 1.165) is 0 Å². The van der Waals surface area contributed by atoms with Crippen LogP contribution in [0.15, 0.2) is 12.2 Å². The van der Waals surface area contributed by atoms with Crippen molar-refractivity contribution in [2.45, 2.75) is 20.8 Å². The van der Waals surface area contributed by atoms with Gasteiger partial charge in [-0.25, -0.2) is 9.68 Å². The van der Waals surface area contributed by atoms with Gasteiger partial charge in [0.2, 0.25) is 0 Å². The number of hydrogen-bond acceptors (Lipinski definition) is 5. The van der Waals surface area contributed by atoms with Crippen molar-refractivity contribution in [3.05, 3.63) is 12.2 Å². The monoisotopic (exact) mass is 218 g/mol. The van der Waals surface area contributed by atoms with Gasteiger partial charge in [0, 0.05) is 0 Å². The molecule has 0 fully saturated rings. The summed E-state index contributed by atoms with van der Waals surface area (Å²) in [6.45, 7) is 5.94. The van der Waals surface area contributed by atoms with Crippen molar-refractivity contribution in [3.8, 4) is 0 Å². The van der Waals surface area contributed by atoms with E-state index in [9.17, 15) is 9.59 Å². The van der Waals surface area contributed by atoms with Crippen molar-refractivity contribution in [1.29, 1.82) is 0 Å². The third-order valence-electron chi connectivity index (χ3n) is 1.10. The van der Waals surface area contributed by atoms with Gasteiger partial charge < -0.3 is 9.84 Å². The molecule has 0 unspecified atom stereocenters. The molecule has 0 amide bonds. The highest BCUT2D eigenvalue weighted by molar-refractivity contribution is 5.62. The first-order valence-electron chi connectivity index (χ1n) is 4.23. The lowest BCUT2D eigenvalue weighted by atomic mass is 9.96. The summed E-state index contributed by atoms with van der Waals surface area (Å²) in [5.74, 6) is 0. The van der Waals surface area contributed by atoms with Crippen LogP contribution in [-0.4, -0.2) is 24.0 Å². The zero-order valence-electron chi connectivity index (χ0n) is 8.85. The van der Waals surface area contributed by atoms with Gasteiger partial charge in [-0.15, -0.1) is 0 Å². The number of rotatable bonds is 2. The molecule has 0 radical (unpaired) electrons. The third-order valence-corrected chi connectivity index (χ3v) is 1.10. The predicted molar refractivity (Wildman–Crippen MR) is 50.1 cm³/mol. The fourth-order valence-electron chi connectivity index (χ4n) is 0.612. The van der Waals surface area contributed by atoms with Gasteiger partial charge in [-0.3, -0.25) is 0 Å². The summed E-state index contributed by atoms with van der Waals surface area (Å²) in [6.07, 6.45) is 0.563. The van der Waals surface area contributed by atoms with Crippen LogP contribution in [0.1, 0.15) is 20.8 Å². The Hall–Kier alpha value is -1.72. The summed E-state index contributed by atoms with van der Waals surface area (Å²) in [6, 6.07) is 0. The van der Waals surface area contributed by atoms with Gasteiger partial charge in [-0.1, -0.05) is 32.9 Å². The van der Waals surface area contributed by atoms with Gasteiger partial charge in [0.05, 0.1) is 0 Å². The minimum Gasteiger partial charge on any atom is -0.447 e. The molecule has 1 N–H and O–H groups in total. The molecule has 0 heterocycles. The second-order valence-corrected chi connectivity index (χ2v) is 3.76. The summed E-state index contributed by atoms with van der Waals surface area (Å²) in [7, 11) is 0. The molecular formula is C9H14O6. The van der Waals surface area contributed by atoms with Crippen LogP contribution in [0.3, 0.4) is 0 Å². The molecule has 0 atom stereocenters. The molecule has 6 nitrogen and oxygen atoms in total. The Morgan fingerprint density at radius 1 is 1.27 bits per heavy atom. The van der Waals surface area contributed by atoms with E-state index in [2.05, 4.69) is 14.5 Å². The maximum absolute atomic E-state index is 10.6. The molecule has 0 saturated carbocycles. The summed E-state index contributed by atoms with van der Waals surface area (Å²) >= 11 is 0. The molecule has 0 bridgehead atoms. The normalized spacial score (nSPS) is 11.1. The van der Waals surface area contributed by atoms with Gasteiger partial charge in [-0.2, -0.15) is 9.68 Å². The number of carbonyl (C=O) groups excluding carboxylic acids is 1. The Morgan fingerprint density at radius 3 is 2.33 bits per heavy atom. The summed E-state index contributed by atoms with van der Waals surface area (Å²) in [5.41, 5.74) is -0.00910. The standard InChI is InChI=1S/C9H14O6/c1-9(2,3)5-4-6-13-8(12)15-14-7(10)11/h4-5H,6H2,1-3H3,(H,10,11). The fraction of sp³-hybridized carbons (Fsp3) is 0.556. The Labute approximate surface area is 87.4 Å². The van der Waals surface area contributed by atoms with E-state index in [1.807, 2.05) is 26.8 Å². The highest BCUT2D eigenvalue weighted by atomic mass is 17.3. The van der Waals surface area contributed by atoms with Crippen molar-refractivity contribution in [1.82, 2.24) is 0 Å². The molecule has 0 aromatic carbocycles.